The molecule has 0 bridgehead atoms. The van der Waals surface area contributed by atoms with E-state index in [-0.39, 0.29) is 25.4 Å². The van der Waals surface area contributed by atoms with Crippen molar-refractivity contribution < 1.29 is 19.1 Å². The zero-order valence-electron chi connectivity index (χ0n) is 27.7. The molecule has 2 fully saturated rings. The molecule has 0 aromatic heterocycles. The minimum Gasteiger partial charge on any atom is -0.445 e. The molecule has 0 atom stereocenters. The Bertz CT molecular complexity index is 952. The highest BCUT2D eigenvalue weighted by molar-refractivity contribution is 6.63. The van der Waals surface area contributed by atoms with Gasteiger partial charge in [-0.2, -0.15) is 0 Å². The third-order valence-electron chi connectivity index (χ3n) is 7.07. The predicted molar refractivity (Wildman–Crippen MR) is 195 cm³/mol. The minimum atomic E-state index is -0.750. The van der Waals surface area contributed by atoms with Gasteiger partial charge >= 0.3 is 12.2 Å². The van der Waals surface area contributed by atoms with Gasteiger partial charge in [-0.25, -0.2) is 9.59 Å². The van der Waals surface area contributed by atoms with Crippen molar-refractivity contribution in [2.45, 2.75) is 17.5 Å². The van der Waals surface area contributed by atoms with Crippen LogP contribution in [0.15, 0.2) is 60.7 Å². The standard InChI is InChI=1S/C24H32N4O4.C8H20N4.CHCl3/c29-23(31-19-21-7-3-1-4-8-21)27-15-11-25-13-17-28(18-14-26-12-16-27)24(30)32-20-22-9-5-2-6-10-22;1-2-10-5-6-12-8-7-11-4-3-9-1;2-1(3)4/h1-10,25-26H,11-20H2;9-12H,1-8H2;1H. The van der Waals surface area contributed by atoms with E-state index < -0.39 is 4.30 Å². The van der Waals surface area contributed by atoms with Gasteiger partial charge in [0.25, 0.3) is 0 Å². The maximum Gasteiger partial charge on any atom is 0.410 e. The maximum atomic E-state index is 12.5. The molecule has 15 heteroatoms. The van der Waals surface area contributed by atoms with Gasteiger partial charge in [-0.1, -0.05) is 95.5 Å². The van der Waals surface area contributed by atoms with Crippen molar-refractivity contribution in [3.63, 3.8) is 0 Å². The molecule has 48 heavy (non-hydrogen) atoms. The molecule has 0 radical (unpaired) electrons. The Balaban J connectivity index is 0.000000413. The second-order valence-corrected chi connectivity index (χ2v) is 12.8. The van der Waals surface area contributed by atoms with Gasteiger partial charge in [0.05, 0.1) is 0 Å². The Labute approximate surface area is 300 Å². The van der Waals surface area contributed by atoms with Crippen LogP contribution in [0.3, 0.4) is 0 Å². The molecule has 0 unspecified atom stereocenters. The monoisotopic (exact) mass is 730 g/mol. The average Bonchev–Trinajstić information content (AvgIpc) is 3.08. The van der Waals surface area contributed by atoms with E-state index in [1.807, 2.05) is 60.7 Å². The Morgan fingerprint density at radius 1 is 0.500 bits per heavy atom. The molecule has 0 saturated carbocycles. The van der Waals surface area contributed by atoms with Gasteiger partial charge in [0, 0.05) is 105 Å². The summed E-state index contributed by atoms with van der Waals surface area (Å²) in [4.78, 5) is 28.4. The van der Waals surface area contributed by atoms with Crippen molar-refractivity contribution in [2.75, 3.05) is 105 Å². The Morgan fingerprint density at radius 2 is 0.750 bits per heavy atom. The van der Waals surface area contributed by atoms with Crippen molar-refractivity contribution in [1.82, 2.24) is 41.7 Å². The van der Waals surface area contributed by atoms with Crippen LogP contribution in [-0.2, 0) is 22.7 Å². The van der Waals surface area contributed by atoms with Gasteiger partial charge < -0.3 is 51.2 Å². The van der Waals surface area contributed by atoms with Crippen LogP contribution in [0.25, 0.3) is 0 Å². The van der Waals surface area contributed by atoms with E-state index in [0.29, 0.717) is 52.4 Å². The molecule has 2 aliphatic heterocycles. The van der Waals surface area contributed by atoms with Gasteiger partial charge in [0.2, 0.25) is 0 Å². The van der Waals surface area contributed by atoms with Gasteiger partial charge in [-0.05, 0) is 11.1 Å². The molecule has 2 aromatic rings. The van der Waals surface area contributed by atoms with E-state index in [1.54, 1.807) is 9.80 Å². The van der Waals surface area contributed by atoms with E-state index in [1.165, 1.54) is 0 Å². The highest BCUT2D eigenvalue weighted by atomic mass is 35.6. The third kappa shape index (κ3) is 22.3. The number of carbonyl (C=O) groups is 2. The Kier molecular flexibility index (Phi) is 24.8. The zero-order chi connectivity index (χ0) is 34.5. The van der Waals surface area contributed by atoms with Crippen LogP contribution in [-0.4, -0.2) is 131 Å². The third-order valence-corrected chi connectivity index (χ3v) is 7.07. The molecule has 4 rings (SSSR count). The highest BCUT2D eigenvalue weighted by Gasteiger charge is 2.18. The molecule has 2 heterocycles. The number of nitrogens with one attached hydrogen (secondary N) is 6. The summed E-state index contributed by atoms with van der Waals surface area (Å²) >= 11 is 14.4. The van der Waals surface area contributed by atoms with Crippen LogP contribution < -0.4 is 31.9 Å². The normalized spacial score (nSPS) is 17.3. The van der Waals surface area contributed by atoms with E-state index in [2.05, 4.69) is 31.9 Å². The number of ether oxygens (including phenoxy) is 2. The molecule has 12 nitrogen and oxygen atoms in total. The molecule has 6 N–H and O–H groups in total. The van der Waals surface area contributed by atoms with Crippen molar-refractivity contribution in [3.05, 3.63) is 71.8 Å². The number of halogens is 3. The van der Waals surface area contributed by atoms with Gasteiger partial charge in [0.15, 0.2) is 4.30 Å². The molecule has 2 aromatic carbocycles. The van der Waals surface area contributed by atoms with E-state index >= 15 is 0 Å². The number of hydrogen-bond acceptors (Lipinski definition) is 10. The first-order valence-electron chi connectivity index (χ1n) is 16.5. The Morgan fingerprint density at radius 3 is 1.02 bits per heavy atom. The largest absolute Gasteiger partial charge is 0.445 e. The zero-order valence-corrected chi connectivity index (χ0v) is 30.0. The van der Waals surface area contributed by atoms with Gasteiger partial charge in [-0.3, -0.25) is 0 Å². The van der Waals surface area contributed by atoms with Crippen molar-refractivity contribution in [1.29, 1.82) is 0 Å². The first-order chi connectivity index (χ1) is 23.5. The smallest absolute Gasteiger partial charge is 0.410 e. The summed E-state index contributed by atoms with van der Waals surface area (Å²) in [5.41, 5.74) is 1.93. The van der Waals surface area contributed by atoms with Crippen molar-refractivity contribution in [3.8, 4) is 0 Å². The SMILES string of the molecule is C1CNCCNCCNCCN1.ClC(Cl)Cl.O=C(OCc1ccccc1)N1CCNCCN(C(=O)OCc2ccccc2)CCNCC1. The van der Waals surface area contributed by atoms with Crippen LogP contribution in [0.4, 0.5) is 9.59 Å². The number of amides is 2. The molecule has 0 aliphatic carbocycles. The van der Waals surface area contributed by atoms with Crippen LogP contribution >= 0.6 is 34.8 Å². The molecule has 0 spiro atoms. The summed E-state index contributed by atoms with van der Waals surface area (Å²) in [6.07, 6.45) is -0.638. The number of benzene rings is 2. The van der Waals surface area contributed by atoms with Gasteiger partial charge in [0.1, 0.15) is 13.2 Å². The molecule has 2 saturated heterocycles. The molecular formula is C33H53Cl3N8O4. The number of alkyl halides is 3. The van der Waals surface area contributed by atoms with E-state index in [9.17, 15) is 9.59 Å². The van der Waals surface area contributed by atoms with Crippen LogP contribution in [0.1, 0.15) is 11.1 Å². The first-order valence-corrected chi connectivity index (χ1v) is 17.8. The fourth-order valence-electron chi connectivity index (χ4n) is 4.52. The summed E-state index contributed by atoms with van der Waals surface area (Å²) in [6, 6.07) is 19.3. The molecule has 2 amide bonds. The summed E-state index contributed by atoms with van der Waals surface area (Å²) in [6.45, 7) is 13.7. The van der Waals surface area contributed by atoms with Crippen molar-refractivity contribution >= 4 is 47.0 Å². The number of nitrogens with zero attached hydrogens (tertiary/aromatic N) is 2. The Hall–Kier alpha value is -2.39. The molecule has 270 valence electrons. The summed E-state index contributed by atoms with van der Waals surface area (Å²) in [5.74, 6) is 0. The fourth-order valence-corrected chi connectivity index (χ4v) is 4.52. The summed E-state index contributed by atoms with van der Waals surface area (Å²) in [5, 5.41) is 20.0. The number of carbonyl (C=O) groups excluding carboxylic acids is 2. The first kappa shape index (κ1) is 41.8. The van der Waals surface area contributed by atoms with Crippen LogP contribution in [0, 0.1) is 0 Å². The molecular weight excluding hydrogens is 679 g/mol. The lowest BCUT2D eigenvalue weighted by Gasteiger charge is -2.26. The van der Waals surface area contributed by atoms with Crippen LogP contribution in [0.5, 0.6) is 0 Å². The fraction of sp³-hybridized carbons (Fsp3) is 0.576. The predicted octanol–water partition coefficient (Wildman–Crippen LogP) is 2.80. The second-order valence-electron chi connectivity index (χ2n) is 10.8. The topological polar surface area (TPSA) is 131 Å². The quantitative estimate of drug-likeness (QED) is 0.261. The van der Waals surface area contributed by atoms with E-state index in [4.69, 9.17) is 44.3 Å². The lowest BCUT2D eigenvalue weighted by atomic mass is 10.2. The minimum absolute atomic E-state index is 0.261. The highest BCUT2D eigenvalue weighted by Crippen LogP contribution is 2.05. The van der Waals surface area contributed by atoms with Crippen molar-refractivity contribution in [2.24, 2.45) is 0 Å². The summed E-state index contributed by atoms with van der Waals surface area (Å²) in [7, 11) is 0. The second kappa shape index (κ2) is 28.4. The lowest BCUT2D eigenvalue weighted by molar-refractivity contribution is 0.0924. The molecule has 2 aliphatic rings. The van der Waals surface area contributed by atoms with Gasteiger partial charge in [-0.15, -0.1) is 0 Å². The van der Waals surface area contributed by atoms with Crippen LogP contribution in [0.2, 0.25) is 0 Å². The maximum absolute atomic E-state index is 12.5. The lowest BCUT2D eigenvalue weighted by Crippen LogP contribution is -2.46. The average molecular weight is 732 g/mol. The summed E-state index contributed by atoms with van der Waals surface area (Å²) < 4.78 is 10.2. The number of rotatable bonds is 4. The van der Waals surface area contributed by atoms with E-state index in [0.717, 1.165) is 63.5 Å². The number of hydrogen-bond donors (Lipinski definition) is 6.